The van der Waals surface area contributed by atoms with Crippen LogP contribution in [0.15, 0.2) is 97.1 Å². The standard InChI is InChI=1S/C36H44O2P2/c1-6-7-8-9-22-32(40(38,35-25-16-12-20-30(35)4)36-26-17-13-21-31(36)5)27-39(37,33-23-14-10-18-28(33)2)34-24-15-11-19-29(34)3/h10-21,23-26,32H,6-9,22,27H2,1-5H3. The van der Waals surface area contributed by atoms with Crippen molar-refractivity contribution in [1.82, 2.24) is 0 Å². The summed E-state index contributed by atoms with van der Waals surface area (Å²) < 4.78 is 31.7. The molecule has 0 aromatic heterocycles. The molecule has 0 aliphatic rings. The van der Waals surface area contributed by atoms with Gasteiger partial charge in [0.1, 0.15) is 14.3 Å². The van der Waals surface area contributed by atoms with Crippen LogP contribution >= 0.6 is 14.3 Å². The van der Waals surface area contributed by atoms with Crippen molar-refractivity contribution in [3.8, 4) is 0 Å². The van der Waals surface area contributed by atoms with Crippen molar-refractivity contribution in [2.45, 2.75) is 72.4 Å². The Labute approximate surface area is 242 Å². The molecule has 0 saturated carbocycles. The van der Waals surface area contributed by atoms with Gasteiger partial charge in [-0.1, -0.05) is 130 Å². The van der Waals surface area contributed by atoms with Crippen molar-refractivity contribution in [2.24, 2.45) is 0 Å². The predicted octanol–water partition coefficient (Wildman–Crippen LogP) is 8.59. The molecule has 210 valence electrons. The minimum atomic E-state index is -3.20. The Bertz CT molecular complexity index is 1440. The number of aryl methyl sites for hydroxylation is 4. The maximum absolute atomic E-state index is 16.0. The summed E-state index contributed by atoms with van der Waals surface area (Å²) in [6, 6.07) is 32.4. The summed E-state index contributed by atoms with van der Waals surface area (Å²) in [4.78, 5) is 0. The van der Waals surface area contributed by atoms with Crippen LogP contribution < -0.4 is 21.2 Å². The fraction of sp³-hybridized carbons (Fsp3) is 0.333. The van der Waals surface area contributed by atoms with E-state index in [4.69, 9.17) is 0 Å². The molecule has 0 radical (unpaired) electrons. The van der Waals surface area contributed by atoms with Crippen LogP contribution in [0.2, 0.25) is 0 Å². The van der Waals surface area contributed by atoms with E-state index in [2.05, 4.69) is 58.9 Å². The summed E-state index contributed by atoms with van der Waals surface area (Å²) in [5.74, 6) is 0. The van der Waals surface area contributed by atoms with Crippen molar-refractivity contribution in [1.29, 1.82) is 0 Å². The van der Waals surface area contributed by atoms with E-state index in [1.165, 1.54) is 0 Å². The van der Waals surface area contributed by atoms with Crippen LogP contribution in [0.3, 0.4) is 0 Å². The number of hydrogen-bond acceptors (Lipinski definition) is 2. The van der Waals surface area contributed by atoms with E-state index in [9.17, 15) is 0 Å². The molecule has 4 aromatic rings. The summed E-state index contributed by atoms with van der Waals surface area (Å²) in [5, 5.41) is 3.60. The van der Waals surface area contributed by atoms with E-state index in [0.29, 0.717) is 6.16 Å². The van der Waals surface area contributed by atoms with Gasteiger partial charge in [-0.3, -0.25) is 0 Å². The van der Waals surface area contributed by atoms with Gasteiger partial charge < -0.3 is 9.13 Å². The molecule has 1 atom stereocenters. The van der Waals surface area contributed by atoms with E-state index >= 15 is 9.13 Å². The number of hydrogen-bond donors (Lipinski definition) is 0. The second-order valence-corrected chi connectivity index (χ2v) is 17.0. The molecule has 2 nitrogen and oxygen atoms in total. The largest absolute Gasteiger partial charge is 0.314 e. The monoisotopic (exact) mass is 570 g/mol. The zero-order valence-electron chi connectivity index (χ0n) is 24.8. The Morgan fingerprint density at radius 1 is 0.525 bits per heavy atom. The van der Waals surface area contributed by atoms with Gasteiger partial charge in [-0.15, -0.1) is 0 Å². The van der Waals surface area contributed by atoms with Crippen LogP contribution in [0.25, 0.3) is 0 Å². The Morgan fingerprint density at radius 3 is 1.27 bits per heavy atom. The molecule has 0 heterocycles. The second kappa shape index (κ2) is 13.3. The first-order valence-electron chi connectivity index (χ1n) is 14.7. The SMILES string of the molecule is CCCCCCC(CP(=O)(c1ccccc1C)c1ccccc1C)P(=O)(c1ccccc1C)c1ccccc1C. The molecule has 4 rings (SSSR count). The lowest BCUT2D eigenvalue weighted by Gasteiger charge is -2.34. The van der Waals surface area contributed by atoms with Gasteiger partial charge >= 0.3 is 0 Å². The molecule has 0 fully saturated rings. The van der Waals surface area contributed by atoms with Crippen molar-refractivity contribution < 1.29 is 9.13 Å². The van der Waals surface area contributed by atoms with E-state index in [-0.39, 0.29) is 5.66 Å². The van der Waals surface area contributed by atoms with Gasteiger partial charge in [-0.05, 0) is 56.4 Å². The van der Waals surface area contributed by atoms with Crippen molar-refractivity contribution in [3.05, 3.63) is 119 Å². The average Bonchev–Trinajstić information content (AvgIpc) is 2.95. The van der Waals surface area contributed by atoms with Crippen LogP contribution in [-0.2, 0) is 9.13 Å². The number of rotatable bonds is 12. The molecule has 0 saturated heterocycles. The summed E-state index contributed by atoms with van der Waals surface area (Å²) >= 11 is 0. The first-order chi connectivity index (χ1) is 19.2. The Balaban J connectivity index is 1.99. The third kappa shape index (κ3) is 6.15. The van der Waals surface area contributed by atoms with E-state index < -0.39 is 14.3 Å². The molecule has 1 unspecified atom stereocenters. The van der Waals surface area contributed by atoms with Gasteiger partial charge in [0.2, 0.25) is 0 Å². The minimum absolute atomic E-state index is 0.253. The van der Waals surface area contributed by atoms with Gasteiger partial charge in [0.15, 0.2) is 0 Å². The highest BCUT2D eigenvalue weighted by Gasteiger charge is 2.43. The highest BCUT2D eigenvalue weighted by Crippen LogP contribution is 2.58. The first-order valence-corrected chi connectivity index (χ1v) is 18.3. The summed E-state index contributed by atoms with van der Waals surface area (Å²) in [6.45, 7) is 10.5. The van der Waals surface area contributed by atoms with Gasteiger partial charge in [0, 0.05) is 33.0 Å². The Hall–Kier alpha value is -2.66. The molecular formula is C36H44O2P2. The molecule has 0 bridgehead atoms. The Morgan fingerprint density at radius 2 is 0.900 bits per heavy atom. The topological polar surface area (TPSA) is 34.1 Å². The summed E-state index contributed by atoms with van der Waals surface area (Å²) in [6.07, 6.45) is 5.52. The van der Waals surface area contributed by atoms with Gasteiger partial charge in [0.25, 0.3) is 0 Å². The number of unbranched alkanes of at least 4 members (excludes halogenated alkanes) is 3. The number of benzene rings is 4. The van der Waals surface area contributed by atoms with Crippen LogP contribution in [0.1, 0.15) is 61.3 Å². The lowest BCUT2D eigenvalue weighted by Crippen LogP contribution is -2.34. The van der Waals surface area contributed by atoms with E-state index in [1.807, 2.05) is 72.8 Å². The smallest absolute Gasteiger partial charge is 0.147 e. The lowest BCUT2D eigenvalue weighted by atomic mass is 10.1. The molecule has 0 N–H and O–H groups in total. The molecule has 0 spiro atoms. The predicted molar refractivity (Wildman–Crippen MR) is 176 cm³/mol. The normalized spacial score (nSPS) is 12.8. The maximum atomic E-state index is 16.0. The van der Waals surface area contributed by atoms with Crippen molar-refractivity contribution >= 4 is 35.5 Å². The zero-order valence-corrected chi connectivity index (χ0v) is 26.6. The minimum Gasteiger partial charge on any atom is -0.314 e. The van der Waals surface area contributed by atoms with E-state index in [1.54, 1.807) is 0 Å². The molecule has 0 aliphatic heterocycles. The third-order valence-corrected chi connectivity index (χ3v) is 16.0. The average molecular weight is 571 g/mol. The third-order valence-electron chi connectivity index (χ3n) is 8.33. The van der Waals surface area contributed by atoms with Crippen molar-refractivity contribution in [3.63, 3.8) is 0 Å². The zero-order chi connectivity index (χ0) is 28.8. The summed E-state index contributed by atoms with van der Waals surface area (Å²) in [5.41, 5.74) is 3.88. The molecule has 40 heavy (non-hydrogen) atoms. The van der Waals surface area contributed by atoms with Crippen LogP contribution in [-0.4, -0.2) is 11.8 Å². The second-order valence-electron chi connectivity index (χ2n) is 11.2. The fourth-order valence-electron chi connectivity index (χ4n) is 6.15. The van der Waals surface area contributed by atoms with Crippen molar-refractivity contribution in [2.75, 3.05) is 6.16 Å². The highest BCUT2D eigenvalue weighted by molar-refractivity contribution is 7.83. The fourth-order valence-corrected chi connectivity index (χ4v) is 14.5. The maximum Gasteiger partial charge on any atom is 0.147 e. The highest BCUT2D eigenvalue weighted by atomic mass is 31.2. The molecule has 0 amide bonds. The Kier molecular flexibility index (Phi) is 10.1. The summed E-state index contributed by atoms with van der Waals surface area (Å²) in [7, 11) is -6.35. The molecule has 0 aliphatic carbocycles. The van der Waals surface area contributed by atoms with Gasteiger partial charge in [-0.25, -0.2) is 0 Å². The molecule has 4 aromatic carbocycles. The van der Waals surface area contributed by atoms with Crippen LogP contribution in [0.4, 0.5) is 0 Å². The molecular weight excluding hydrogens is 526 g/mol. The quantitative estimate of drug-likeness (QED) is 0.126. The van der Waals surface area contributed by atoms with E-state index in [0.717, 1.165) is 75.6 Å². The van der Waals surface area contributed by atoms with Crippen LogP contribution in [0, 0.1) is 27.7 Å². The molecule has 4 heteroatoms. The van der Waals surface area contributed by atoms with Crippen LogP contribution in [0.5, 0.6) is 0 Å². The first kappa shape index (κ1) is 30.3. The lowest BCUT2D eigenvalue weighted by molar-refractivity contribution is 0.558. The van der Waals surface area contributed by atoms with Gasteiger partial charge in [-0.2, -0.15) is 0 Å². The van der Waals surface area contributed by atoms with Gasteiger partial charge in [0.05, 0.1) is 0 Å².